The Morgan fingerprint density at radius 2 is 1.88 bits per heavy atom. The second kappa shape index (κ2) is 10.2. The largest absolute Gasteiger partial charge is 0.493 e. The number of pyridine rings is 1. The zero-order valence-electron chi connectivity index (χ0n) is 22.1. The second-order valence-electron chi connectivity index (χ2n) is 9.73. The van der Waals surface area contributed by atoms with Crippen molar-refractivity contribution >= 4 is 28.1 Å². The molecule has 206 valence electrons. The van der Waals surface area contributed by atoms with Gasteiger partial charge in [-0.15, -0.1) is 0 Å². The third-order valence-electron chi connectivity index (χ3n) is 6.89. The van der Waals surface area contributed by atoms with E-state index in [1.807, 2.05) is 36.1 Å². The molecule has 0 amide bonds. The minimum atomic E-state index is -2.99. The molecule has 1 N–H and O–H groups in total. The lowest BCUT2D eigenvalue weighted by molar-refractivity contribution is -0.133. The van der Waals surface area contributed by atoms with Crippen molar-refractivity contribution in [2.75, 3.05) is 32.6 Å². The number of benzene rings is 2. The molecule has 3 aromatic heterocycles. The highest BCUT2D eigenvalue weighted by Crippen LogP contribution is 2.42. The lowest BCUT2D eigenvalue weighted by Crippen LogP contribution is -2.52. The number of fused-ring (bicyclic) bond motifs is 2. The summed E-state index contributed by atoms with van der Waals surface area (Å²) in [5.74, 6) is -0.810. The topological polar surface area (TPSA) is 98.9 Å². The van der Waals surface area contributed by atoms with Gasteiger partial charge in [-0.3, -0.25) is 0 Å². The molecule has 40 heavy (non-hydrogen) atoms. The number of likely N-dealkylation sites (tertiary alicyclic amines) is 1. The Morgan fingerprint density at radius 3 is 2.70 bits per heavy atom. The van der Waals surface area contributed by atoms with E-state index in [0.717, 1.165) is 5.56 Å². The maximum atomic E-state index is 14.9. The monoisotopic (exact) mass is 547 g/mol. The van der Waals surface area contributed by atoms with Crippen LogP contribution in [0.25, 0.3) is 16.6 Å². The maximum Gasteiger partial charge on any atom is 0.286 e. The molecule has 10 nitrogen and oxygen atoms in total. The van der Waals surface area contributed by atoms with Crippen molar-refractivity contribution in [2.45, 2.75) is 25.4 Å². The fourth-order valence-corrected chi connectivity index (χ4v) is 4.72. The zero-order valence-corrected chi connectivity index (χ0v) is 22.1. The standard InChI is InChI=1S/C28H27F2N7O3/c1-17-12-18(4-6-21(17)39-19-8-10-37-24(13-19)32-16-34-37)35-27-25-20(31-15-33-27)5-7-22(38-3)26(25)40-23-14-36(2)11-9-28(23,29)30/h4-8,10,12-13,15-16,23H,9,11,14H2,1-3H3,(H,31,33,35). The van der Waals surface area contributed by atoms with E-state index in [9.17, 15) is 8.78 Å². The Hall–Kier alpha value is -4.58. The molecule has 12 heteroatoms. The smallest absolute Gasteiger partial charge is 0.286 e. The first-order valence-corrected chi connectivity index (χ1v) is 12.7. The van der Waals surface area contributed by atoms with Crippen molar-refractivity contribution < 1.29 is 23.0 Å². The van der Waals surface area contributed by atoms with E-state index in [1.165, 1.54) is 19.8 Å². The van der Waals surface area contributed by atoms with E-state index >= 15 is 0 Å². The highest BCUT2D eigenvalue weighted by molar-refractivity contribution is 5.97. The van der Waals surface area contributed by atoms with Crippen LogP contribution < -0.4 is 19.5 Å². The van der Waals surface area contributed by atoms with E-state index in [-0.39, 0.29) is 18.7 Å². The first-order chi connectivity index (χ1) is 19.3. The minimum Gasteiger partial charge on any atom is -0.493 e. The van der Waals surface area contributed by atoms with Gasteiger partial charge < -0.3 is 24.4 Å². The number of hydrogen-bond donors (Lipinski definition) is 1. The van der Waals surface area contributed by atoms with Gasteiger partial charge in [0.2, 0.25) is 0 Å². The molecule has 1 atom stereocenters. The Labute approximate surface area is 228 Å². The van der Waals surface area contributed by atoms with Crippen LogP contribution in [-0.4, -0.2) is 68.7 Å². The van der Waals surface area contributed by atoms with Crippen LogP contribution in [0, 0.1) is 6.92 Å². The lowest BCUT2D eigenvalue weighted by Gasteiger charge is -2.36. The zero-order chi connectivity index (χ0) is 27.9. The number of anilines is 2. The van der Waals surface area contributed by atoms with Gasteiger partial charge in [0.25, 0.3) is 5.92 Å². The summed E-state index contributed by atoms with van der Waals surface area (Å²) in [6, 6.07) is 12.6. The van der Waals surface area contributed by atoms with E-state index in [2.05, 4.69) is 25.4 Å². The summed E-state index contributed by atoms with van der Waals surface area (Å²) in [7, 11) is 3.27. The van der Waals surface area contributed by atoms with Gasteiger partial charge in [0.15, 0.2) is 23.3 Å². The predicted octanol–water partition coefficient (Wildman–Crippen LogP) is 5.24. The van der Waals surface area contributed by atoms with Crippen molar-refractivity contribution in [3.05, 3.63) is 66.9 Å². The van der Waals surface area contributed by atoms with Gasteiger partial charge in [-0.1, -0.05) is 0 Å². The maximum absolute atomic E-state index is 14.9. The number of ether oxygens (including phenoxy) is 3. The van der Waals surface area contributed by atoms with Crippen LogP contribution in [-0.2, 0) is 0 Å². The predicted molar refractivity (Wildman–Crippen MR) is 145 cm³/mol. The number of piperidine rings is 1. The Balaban J connectivity index is 1.32. The second-order valence-corrected chi connectivity index (χ2v) is 9.73. The van der Waals surface area contributed by atoms with Crippen LogP contribution in [0.3, 0.4) is 0 Å². The molecule has 1 unspecified atom stereocenters. The Morgan fingerprint density at radius 1 is 1.02 bits per heavy atom. The summed E-state index contributed by atoms with van der Waals surface area (Å²) < 4.78 is 49.0. The van der Waals surface area contributed by atoms with Gasteiger partial charge in [0.05, 0.1) is 18.0 Å². The Bertz CT molecular complexity index is 1690. The average molecular weight is 548 g/mol. The fraction of sp³-hybridized carbons (Fsp3) is 0.286. The number of likely N-dealkylation sites (N-methyl/N-ethyl adjacent to an activating group) is 1. The van der Waals surface area contributed by atoms with Gasteiger partial charge in [0, 0.05) is 37.5 Å². The van der Waals surface area contributed by atoms with Gasteiger partial charge in [-0.2, -0.15) is 5.10 Å². The molecule has 1 aliphatic rings. The number of nitrogens with one attached hydrogen (secondary N) is 1. The summed E-state index contributed by atoms with van der Waals surface area (Å²) >= 11 is 0. The summed E-state index contributed by atoms with van der Waals surface area (Å²) in [4.78, 5) is 14.8. The first-order valence-electron chi connectivity index (χ1n) is 12.7. The third kappa shape index (κ3) is 4.93. The van der Waals surface area contributed by atoms with E-state index in [1.54, 1.807) is 36.0 Å². The number of aryl methyl sites for hydroxylation is 1. The van der Waals surface area contributed by atoms with Crippen LogP contribution in [0.5, 0.6) is 23.0 Å². The van der Waals surface area contributed by atoms with E-state index in [0.29, 0.717) is 51.8 Å². The minimum absolute atomic E-state index is 0.0771. The highest BCUT2D eigenvalue weighted by Gasteiger charge is 2.45. The van der Waals surface area contributed by atoms with Crippen LogP contribution in [0.2, 0.25) is 0 Å². The third-order valence-corrected chi connectivity index (χ3v) is 6.89. The lowest BCUT2D eigenvalue weighted by atomic mass is 10.0. The van der Waals surface area contributed by atoms with E-state index in [4.69, 9.17) is 14.2 Å². The molecule has 0 radical (unpaired) electrons. The number of rotatable bonds is 7. The molecule has 2 aromatic carbocycles. The number of aromatic nitrogens is 5. The molecular weight excluding hydrogens is 520 g/mol. The van der Waals surface area contributed by atoms with Crippen molar-refractivity contribution in [2.24, 2.45) is 0 Å². The summed E-state index contributed by atoms with van der Waals surface area (Å²) in [5.41, 5.74) is 2.79. The molecule has 1 aliphatic heterocycles. The molecule has 0 aliphatic carbocycles. The van der Waals surface area contributed by atoms with Crippen LogP contribution >= 0.6 is 0 Å². The molecule has 1 fully saturated rings. The Kier molecular flexibility index (Phi) is 6.54. The van der Waals surface area contributed by atoms with Gasteiger partial charge in [-0.25, -0.2) is 28.2 Å². The fourth-order valence-electron chi connectivity index (χ4n) is 4.72. The normalized spacial score (nSPS) is 17.2. The average Bonchev–Trinajstić information content (AvgIpc) is 3.41. The van der Waals surface area contributed by atoms with Crippen LogP contribution in [0.1, 0.15) is 12.0 Å². The summed E-state index contributed by atoms with van der Waals surface area (Å²) in [5, 5.41) is 7.84. The molecule has 0 spiro atoms. The van der Waals surface area contributed by atoms with Crippen molar-refractivity contribution in [3.63, 3.8) is 0 Å². The summed E-state index contributed by atoms with van der Waals surface area (Å²) in [6.07, 6.45) is 3.03. The first kappa shape index (κ1) is 25.7. The molecular formula is C28H27F2N7O3. The molecule has 6 rings (SSSR count). The van der Waals surface area contributed by atoms with Crippen molar-refractivity contribution in [1.82, 2.24) is 29.5 Å². The number of hydrogen-bond acceptors (Lipinski definition) is 9. The van der Waals surface area contributed by atoms with Gasteiger partial charge in [-0.05, 0) is 55.9 Å². The molecule has 0 bridgehead atoms. The quantitative estimate of drug-likeness (QED) is 0.293. The molecule has 1 saturated heterocycles. The number of halogens is 2. The molecule has 4 heterocycles. The summed E-state index contributed by atoms with van der Waals surface area (Å²) in [6.45, 7) is 2.30. The van der Waals surface area contributed by atoms with Crippen molar-refractivity contribution in [3.8, 4) is 23.0 Å². The number of methoxy groups -OCH3 is 1. The van der Waals surface area contributed by atoms with Crippen LogP contribution in [0.4, 0.5) is 20.3 Å². The van der Waals surface area contributed by atoms with Crippen LogP contribution in [0.15, 0.2) is 61.3 Å². The van der Waals surface area contributed by atoms with Gasteiger partial charge in [0.1, 0.15) is 30.0 Å². The van der Waals surface area contributed by atoms with Gasteiger partial charge >= 0.3 is 0 Å². The SMILES string of the molecule is COc1ccc2ncnc(Nc3ccc(Oc4ccn5ncnc5c4)c(C)c3)c2c1OC1CN(C)CCC1(F)F. The van der Waals surface area contributed by atoms with Crippen molar-refractivity contribution in [1.29, 1.82) is 0 Å². The molecule has 5 aromatic rings. The van der Waals surface area contributed by atoms with E-state index < -0.39 is 12.0 Å². The number of alkyl halides is 2. The number of nitrogens with zero attached hydrogens (tertiary/aromatic N) is 6. The molecule has 0 saturated carbocycles. The highest BCUT2D eigenvalue weighted by atomic mass is 19.3.